The van der Waals surface area contributed by atoms with E-state index in [2.05, 4.69) is 4.98 Å². The minimum atomic E-state index is -0.415. The molecule has 0 unspecified atom stereocenters. The maximum absolute atomic E-state index is 10.6. The lowest BCUT2D eigenvalue weighted by Crippen LogP contribution is -2.14. The van der Waals surface area contributed by atoms with E-state index in [1.807, 2.05) is 6.07 Å². The van der Waals surface area contributed by atoms with Crippen LogP contribution >= 0.6 is 0 Å². The van der Waals surface area contributed by atoms with Gasteiger partial charge in [0.2, 0.25) is 5.91 Å². The van der Waals surface area contributed by atoms with Gasteiger partial charge in [0.25, 0.3) is 0 Å². The van der Waals surface area contributed by atoms with Gasteiger partial charge in [-0.1, -0.05) is 0 Å². The number of hydrogen-bond acceptors (Lipinski definition) is 3. The number of nitriles is 1. The van der Waals surface area contributed by atoms with Gasteiger partial charge in [0.15, 0.2) is 0 Å². The molecule has 0 spiro atoms. The van der Waals surface area contributed by atoms with E-state index in [1.165, 1.54) is 0 Å². The Balaban J connectivity index is 2.80. The minimum absolute atomic E-state index is 0.124. The van der Waals surface area contributed by atoms with Gasteiger partial charge in [0.1, 0.15) is 0 Å². The number of nitrogens with two attached hydrogens (primary N) is 1. The molecule has 0 aliphatic heterocycles. The van der Waals surface area contributed by atoms with Crippen molar-refractivity contribution in [1.29, 1.82) is 5.26 Å². The molecule has 1 rings (SSSR count). The van der Waals surface area contributed by atoms with Crippen LogP contribution in [0.5, 0.6) is 0 Å². The average molecular weight is 175 g/mol. The molecule has 0 aliphatic carbocycles. The Morgan fingerprint density at radius 1 is 1.69 bits per heavy atom. The van der Waals surface area contributed by atoms with Crippen molar-refractivity contribution in [3.8, 4) is 6.07 Å². The monoisotopic (exact) mass is 175 g/mol. The number of aromatic nitrogens is 1. The number of rotatable bonds is 3. The van der Waals surface area contributed by atoms with Crippen LogP contribution in [0.3, 0.4) is 0 Å². The predicted molar refractivity (Wildman–Crippen MR) is 46.5 cm³/mol. The van der Waals surface area contributed by atoms with Crippen molar-refractivity contribution >= 4 is 5.91 Å². The van der Waals surface area contributed by atoms with Gasteiger partial charge in [-0.15, -0.1) is 0 Å². The molecule has 0 saturated carbocycles. The quantitative estimate of drug-likeness (QED) is 0.711. The normalized spacial score (nSPS) is 9.15. The Morgan fingerprint density at radius 2 is 2.46 bits per heavy atom. The van der Waals surface area contributed by atoms with E-state index in [0.717, 1.165) is 5.56 Å². The second kappa shape index (κ2) is 4.21. The summed E-state index contributed by atoms with van der Waals surface area (Å²) in [6, 6.07) is 5.48. The molecule has 1 aromatic rings. The minimum Gasteiger partial charge on any atom is -0.369 e. The van der Waals surface area contributed by atoms with E-state index < -0.39 is 5.91 Å². The molecular weight excluding hydrogens is 166 g/mol. The number of hydrogen-bond donors (Lipinski definition) is 1. The van der Waals surface area contributed by atoms with Gasteiger partial charge >= 0.3 is 0 Å². The third-order valence-electron chi connectivity index (χ3n) is 1.52. The molecule has 0 radical (unpaired) electrons. The Hall–Kier alpha value is -1.89. The molecule has 0 bridgehead atoms. The number of carbonyl (C=O) groups excluding carboxylic acids is 1. The van der Waals surface area contributed by atoms with E-state index in [1.54, 1.807) is 18.3 Å². The first kappa shape index (κ1) is 9.20. The highest BCUT2D eigenvalue weighted by molar-refractivity contribution is 5.76. The van der Waals surface area contributed by atoms with Crippen molar-refractivity contribution in [2.24, 2.45) is 5.73 Å². The molecule has 4 heteroatoms. The summed E-state index contributed by atoms with van der Waals surface area (Å²) in [5.74, 6) is -0.415. The molecule has 0 fully saturated rings. The van der Waals surface area contributed by atoms with Crippen LogP contribution in [0, 0.1) is 11.3 Å². The Labute approximate surface area is 76.0 Å². The molecule has 0 saturated heterocycles. The maximum Gasteiger partial charge on any atom is 0.223 e. The van der Waals surface area contributed by atoms with Gasteiger partial charge in [0.05, 0.1) is 18.9 Å². The first-order valence-corrected chi connectivity index (χ1v) is 3.81. The molecule has 1 amide bonds. The van der Waals surface area contributed by atoms with Crippen LogP contribution in [-0.4, -0.2) is 10.9 Å². The van der Waals surface area contributed by atoms with Gasteiger partial charge in [-0.3, -0.25) is 9.78 Å². The van der Waals surface area contributed by atoms with Crippen LogP contribution in [0.15, 0.2) is 18.3 Å². The Bertz CT molecular complexity index is 354. The van der Waals surface area contributed by atoms with Crippen molar-refractivity contribution in [2.45, 2.75) is 12.8 Å². The van der Waals surface area contributed by atoms with Crippen LogP contribution in [-0.2, 0) is 17.6 Å². The first-order chi connectivity index (χ1) is 6.22. The van der Waals surface area contributed by atoms with Gasteiger partial charge in [0, 0.05) is 11.9 Å². The van der Waals surface area contributed by atoms with Crippen molar-refractivity contribution < 1.29 is 4.79 Å². The topological polar surface area (TPSA) is 79.8 Å². The summed E-state index contributed by atoms with van der Waals surface area (Å²) in [5.41, 5.74) is 6.47. The van der Waals surface area contributed by atoms with E-state index in [0.29, 0.717) is 12.1 Å². The Morgan fingerprint density at radius 3 is 3.08 bits per heavy atom. The number of nitrogens with zero attached hydrogens (tertiary/aromatic N) is 2. The fourth-order valence-electron chi connectivity index (χ4n) is 1.00. The van der Waals surface area contributed by atoms with Crippen molar-refractivity contribution in [1.82, 2.24) is 4.98 Å². The summed E-state index contributed by atoms with van der Waals surface area (Å²) >= 11 is 0. The molecule has 1 aromatic heterocycles. The van der Waals surface area contributed by atoms with E-state index in [4.69, 9.17) is 11.0 Å². The molecule has 2 N–H and O–H groups in total. The SMILES string of the molecule is N#CCc1ccnc(CC(N)=O)c1. The zero-order chi connectivity index (χ0) is 9.68. The lowest BCUT2D eigenvalue weighted by atomic mass is 10.1. The third-order valence-corrected chi connectivity index (χ3v) is 1.52. The number of amides is 1. The van der Waals surface area contributed by atoms with Crippen molar-refractivity contribution in [3.05, 3.63) is 29.6 Å². The Kier molecular flexibility index (Phi) is 2.98. The summed E-state index contributed by atoms with van der Waals surface area (Å²) in [6.45, 7) is 0. The number of carbonyl (C=O) groups is 1. The zero-order valence-electron chi connectivity index (χ0n) is 7.03. The van der Waals surface area contributed by atoms with Gasteiger partial charge in [-0.2, -0.15) is 5.26 Å². The van der Waals surface area contributed by atoms with E-state index in [-0.39, 0.29) is 6.42 Å². The molecule has 4 nitrogen and oxygen atoms in total. The summed E-state index contributed by atoms with van der Waals surface area (Å²) < 4.78 is 0. The van der Waals surface area contributed by atoms with Gasteiger partial charge in [-0.25, -0.2) is 0 Å². The van der Waals surface area contributed by atoms with Crippen LogP contribution in [0.2, 0.25) is 0 Å². The fourth-order valence-corrected chi connectivity index (χ4v) is 1.00. The lowest BCUT2D eigenvalue weighted by Gasteiger charge is -1.98. The van der Waals surface area contributed by atoms with Crippen LogP contribution in [0.1, 0.15) is 11.3 Å². The summed E-state index contributed by atoms with van der Waals surface area (Å²) in [4.78, 5) is 14.5. The molecule has 0 atom stereocenters. The molecule has 0 aromatic carbocycles. The van der Waals surface area contributed by atoms with E-state index >= 15 is 0 Å². The number of primary amides is 1. The van der Waals surface area contributed by atoms with Crippen molar-refractivity contribution in [2.75, 3.05) is 0 Å². The second-order valence-electron chi connectivity index (χ2n) is 2.63. The molecule has 1 heterocycles. The zero-order valence-corrected chi connectivity index (χ0v) is 7.03. The van der Waals surface area contributed by atoms with Crippen LogP contribution in [0.25, 0.3) is 0 Å². The van der Waals surface area contributed by atoms with Gasteiger partial charge in [-0.05, 0) is 17.7 Å². The largest absolute Gasteiger partial charge is 0.369 e. The van der Waals surface area contributed by atoms with Gasteiger partial charge < -0.3 is 5.73 Å². The molecular formula is C9H9N3O. The highest BCUT2D eigenvalue weighted by Crippen LogP contribution is 2.02. The standard InChI is InChI=1S/C9H9N3O/c10-3-1-7-2-4-12-8(5-7)6-9(11)13/h2,4-5H,1,6H2,(H2,11,13). The summed E-state index contributed by atoms with van der Waals surface area (Å²) in [7, 11) is 0. The predicted octanol–water partition coefficient (Wildman–Crippen LogP) is 0.175. The van der Waals surface area contributed by atoms with Crippen LogP contribution in [0.4, 0.5) is 0 Å². The number of pyridine rings is 1. The average Bonchev–Trinajstić information content (AvgIpc) is 2.04. The molecule has 13 heavy (non-hydrogen) atoms. The highest BCUT2D eigenvalue weighted by atomic mass is 16.1. The summed E-state index contributed by atoms with van der Waals surface area (Å²) in [6.07, 6.45) is 2.03. The first-order valence-electron chi connectivity index (χ1n) is 3.81. The third kappa shape index (κ3) is 2.91. The fraction of sp³-hybridized carbons (Fsp3) is 0.222. The van der Waals surface area contributed by atoms with Crippen molar-refractivity contribution in [3.63, 3.8) is 0 Å². The second-order valence-corrected chi connectivity index (χ2v) is 2.63. The molecule has 66 valence electrons. The molecule has 0 aliphatic rings. The lowest BCUT2D eigenvalue weighted by molar-refractivity contribution is -0.117. The smallest absolute Gasteiger partial charge is 0.223 e. The maximum atomic E-state index is 10.6. The van der Waals surface area contributed by atoms with E-state index in [9.17, 15) is 4.79 Å². The van der Waals surface area contributed by atoms with Crippen LogP contribution < -0.4 is 5.73 Å². The summed E-state index contributed by atoms with van der Waals surface area (Å²) in [5, 5.41) is 8.43. The highest BCUT2D eigenvalue weighted by Gasteiger charge is 2.00.